The fourth-order valence-corrected chi connectivity index (χ4v) is 2.29. The molecule has 0 aliphatic rings. The van der Waals surface area contributed by atoms with Gasteiger partial charge in [0.1, 0.15) is 18.8 Å². The zero-order chi connectivity index (χ0) is 13.7. The van der Waals surface area contributed by atoms with Gasteiger partial charge in [0.05, 0.1) is 5.56 Å². The molecule has 1 aromatic heterocycles. The van der Waals surface area contributed by atoms with Gasteiger partial charge < -0.3 is 5.11 Å². The van der Waals surface area contributed by atoms with Crippen molar-refractivity contribution >= 4 is 11.8 Å². The molecule has 2 rings (SSSR count). The summed E-state index contributed by atoms with van der Waals surface area (Å²) in [5.41, 5.74) is 1.24. The number of aryl methyl sites for hydroxylation is 1. The van der Waals surface area contributed by atoms with Crippen LogP contribution >= 0.6 is 11.8 Å². The fraction of sp³-hybridized carbons (Fsp3) is 0.231. The van der Waals surface area contributed by atoms with E-state index in [-0.39, 0.29) is 12.4 Å². The maximum Gasteiger partial charge on any atom is 0.186 e. The van der Waals surface area contributed by atoms with Crippen LogP contribution in [0.1, 0.15) is 11.1 Å². The summed E-state index contributed by atoms with van der Waals surface area (Å²) in [6.07, 6.45) is 1.49. The maximum absolute atomic E-state index is 13.5. The van der Waals surface area contributed by atoms with E-state index in [0.717, 1.165) is 10.7 Å². The minimum Gasteiger partial charge on any atom is -0.384 e. The second-order valence-corrected chi connectivity index (χ2v) is 4.67. The Hall–Kier alpha value is -1.84. The number of hydrogen-bond acceptors (Lipinski definition) is 4. The van der Waals surface area contributed by atoms with Crippen LogP contribution in [0.2, 0.25) is 0 Å². The lowest BCUT2D eigenvalue weighted by atomic mass is 10.1. The second kappa shape index (κ2) is 6.36. The molecule has 0 spiro atoms. The number of aliphatic hydroxyl groups is 1. The van der Waals surface area contributed by atoms with Crippen LogP contribution < -0.4 is 0 Å². The van der Waals surface area contributed by atoms with E-state index >= 15 is 0 Å². The summed E-state index contributed by atoms with van der Waals surface area (Å²) in [5.74, 6) is 5.31. The third-order valence-corrected chi connectivity index (χ3v) is 3.48. The van der Waals surface area contributed by atoms with Crippen LogP contribution in [-0.4, -0.2) is 26.5 Å². The van der Waals surface area contributed by atoms with Crippen molar-refractivity contribution in [1.29, 1.82) is 0 Å². The van der Waals surface area contributed by atoms with E-state index in [2.05, 4.69) is 21.9 Å². The van der Waals surface area contributed by atoms with E-state index in [9.17, 15) is 4.39 Å². The lowest BCUT2D eigenvalue weighted by Gasteiger charge is -2.02. The van der Waals surface area contributed by atoms with Gasteiger partial charge in [0.25, 0.3) is 0 Å². The molecule has 1 aromatic carbocycles. The molecule has 0 aliphatic carbocycles. The molecular weight excluding hydrogens is 265 g/mol. The third-order valence-electron chi connectivity index (χ3n) is 2.37. The number of rotatable bonds is 3. The zero-order valence-electron chi connectivity index (χ0n) is 10.3. The largest absolute Gasteiger partial charge is 0.384 e. The van der Waals surface area contributed by atoms with Crippen molar-refractivity contribution in [2.75, 3.05) is 6.61 Å². The van der Waals surface area contributed by atoms with Crippen LogP contribution in [0.25, 0.3) is 0 Å². The van der Waals surface area contributed by atoms with Gasteiger partial charge in [-0.25, -0.2) is 14.1 Å². The van der Waals surface area contributed by atoms with E-state index in [4.69, 9.17) is 5.11 Å². The van der Waals surface area contributed by atoms with Crippen LogP contribution in [0.15, 0.2) is 29.7 Å². The Morgan fingerprint density at radius 3 is 3.00 bits per heavy atom. The van der Waals surface area contributed by atoms with Crippen LogP contribution in [0.3, 0.4) is 0 Å². The summed E-state index contributed by atoms with van der Waals surface area (Å²) in [5, 5.41) is 13.4. The molecule has 4 nitrogen and oxygen atoms in total. The molecule has 2 aromatic rings. The van der Waals surface area contributed by atoms with Gasteiger partial charge in [-0.1, -0.05) is 29.7 Å². The molecule has 0 aliphatic heterocycles. The Bertz CT molecular complexity index is 630. The number of aliphatic hydroxyl groups excluding tert-OH is 1. The van der Waals surface area contributed by atoms with Crippen molar-refractivity contribution in [2.45, 2.75) is 10.9 Å². The molecule has 0 amide bonds. The first-order valence-electron chi connectivity index (χ1n) is 5.55. The predicted molar refractivity (Wildman–Crippen MR) is 70.9 cm³/mol. The van der Waals surface area contributed by atoms with Gasteiger partial charge in [-0.2, -0.15) is 5.10 Å². The highest BCUT2D eigenvalue weighted by molar-refractivity contribution is 7.98. The highest BCUT2D eigenvalue weighted by Crippen LogP contribution is 2.21. The van der Waals surface area contributed by atoms with Gasteiger partial charge >= 0.3 is 0 Å². The SMILES string of the molecule is Cn1ncnc1SCc1ccc(F)c(C#CCO)c1. The quantitative estimate of drug-likeness (QED) is 0.684. The molecule has 0 saturated heterocycles. The fourth-order valence-electron chi connectivity index (χ4n) is 1.46. The summed E-state index contributed by atoms with van der Waals surface area (Å²) in [7, 11) is 1.82. The molecule has 0 bridgehead atoms. The van der Waals surface area contributed by atoms with Gasteiger partial charge in [0.15, 0.2) is 5.16 Å². The molecule has 1 heterocycles. The predicted octanol–water partition coefficient (Wildman–Crippen LogP) is 1.59. The lowest BCUT2D eigenvalue weighted by Crippen LogP contribution is -1.94. The van der Waals surface area contributed by atoms with Gasteiger partial charge in [-0.05, 0) is 17.7 Å². The summed E-state index contributed by atoms with van der Waals surface area (Å²) in [6, 6.07) is 4.78. The van der Waals surface area contributed by atoms with Gasteiger partial charge in [-0.3, -0.25) is 0 Å². The molecule has 0 unspecified atom stereocenters. The molecule has 1 N–H and O–H groups in total. The Labute approximate surface area is 114 Å². The zero-order valence-corrected chi connectivity index (χ0v) is 11.1. The van der Waals surface area contributed by atoms with Crippen molar-refractivity contribution < 1.29 is 9.50 Å². The third kappa shape index (κ3) is 3.56. The minimum absolute atomic E-state index is 0.280. The van der Waals surface area contributed by atoms with Crippen molar-refractivity contribution in [2.24, 2.45) is 7.05 Å². The molecule has 0 saturated carbocycles. The number of thioether (sulfide) groups is 1. The Kier molecular flexibility index (Phi) is 4.55. The van der Waals surface area contributed by atoms with Gasteiger partial charge in [0, 0.05) is 12.8 Å². The molecule has 19 heavy (non-hydrogen) atoms. The summed E-state index contributed by atoms with van der Waals surface area (Å²) >= 11 is 1.51. The van der Waals surface area contributed by atoms with Crippen LogP contribution in [0, 0.1) is 17.7 Å². The standard InChI is InChI=1S/C13H12FN3OS/c1-17-13(15-9-16-17)19-8-10-4-5-12(14)11(7-10)3-2-6-18/h4-5,7,9,18H,6,8H2,1H3. The van der Waals surface area contributed by atoms with Crippen molar-refractivity contribution in [1.82, 2.24) is 14.8 Å². The average Bonchev–Trinajstić information content (AvgIpc) is 2.82. The average molecular weight is 277 g/mol. The van der Waals surface area contributed by atoms with E-state index in [0.29, 0.717) is 11.3 Å². The molecule has 0 radical (unpaired) electrons. The number of hydrogen-bond donors (Lipinski definition) is 1. The van der Waals surface area contributed by atoms with E-state index in [1.54, 1.807) is 16.8 Å². The topological polar surface area (TPSA) is 50.9 Å². The molecule has 0 atom stereocenters. The van der Waals surface area contributed by atoms with E-state index < -0.39 is 0 Å². The normalized spacial score (nSPS) is 10.1. The Morgan fingerprint density at radius 1 is 1.47 bits per heavy atom. The van der Waals surface area contributed by atoms with Gasteiger partial charge in [-0.15, -0.1) is 0 Å². The number of halogens is 1. The van der Waals surface area contributed by atoms with E-state index in [1.807, 2.05) is 7.05 Å². The monoisotopic (exact) mass is 277 g/mol. The minimum atomic E-state index is -0.381. The maximum atomic E-state index is 13.5. The van der Waals surface area contributed by atoms with Gasteiger partial charge in [0.2, 0.25) is 0 Å². The smallest absolute Gasteiger partial charge is 0.186 e. The second-order valence-electron chi connectivity index (χ2n) is 3.73. The van der Waals surface area contributed by atoms with E-state index in [1.165, 1.54) is 24.2 Å². The Balaban J connectivity index is 2.11. The molecular formula is C13H12FN3OS. The first-order chi connectivity index (χ1) is 9.20. The van der Waals surface area contributed by atoms with Crippen molar-refractivity contribution in [3.63, 3.8) is 0 Å². The molecule has 6 heteroatoms. The number of nitrogens with zero attached hydrogens (tertiary/aromatic N) is 3. The highest BCUT2D eigenvalue weighted by Gasteiger charge is 2.05. The first-order valence-corrected chi connectivity index (χ1v) is 6.54. The van der Waals surface area contributed by atoms with Crippen LogP contribution in [-0.2, 0) is 12.8 Å². The van der Waals surface area contributed by atoms with Crippen LogP contribution in [0.4, 0.5) is 4.39 Å². The first kappa shape index (κ1) is 13.6. The Morgan fingerprint density at radius 2 is 2.32 bits per heavy atom. The highest BCUT2D eigenvalue weighted by atomic mass is 32.2. The number of aromatic nitrogens is 3. The summed E-state index contributed by atoms with van der Waals surface area (Å²) in [6.45, 7) is -0.280. The van der Waals surface area contributed by atoms with Crippen molar-refractivity contribution in [3.8, 4) is 11.8 Å². The summed E-state index contributed by atoms with van der Waals surface area (Å²) in [4.78, 5) is 4.10. The van der Waals surface area contributed by atoms with Crippen molar-refractivity contribution in [3.05, 3.63) is 41.5 Å². The van der Waals surface area contributed by atoms with Crippen LogP contribution in [0.5, 0.6) is 0 Å². The summed E-state index contributed by atoms with van der Waals surface area (Å²) < 4.78 is 15.1. The molecule has 0 fully saturated rings. The lowest BCUT2D eigenvalue weighted by molar-refractivity contribution is 0.350. The number of benzene rings is 1. The molecule has 98 valence electrons.